The Kier molecular flexibility index (Phi) is 4.46. The van der Waals surface area contributed by atoms with E-state index >= 15 is 0 Å². The molecule has 1 aromatic rings. The lowest BCUT2D eigenvalue weighted by Crippen LogP contribution is -2.24. The van der Waals surface area contributed by atoms with Crippen LogP contribution in [0.25, 0.3) is 0 Å². The topological polar surface area (TPSA) is 55.4 Å². The number of nitrogens with one attached hydrogen (secondary N) is 1. The average molecular weight is 287 g/mol. The molecule has 0 saturated carbocycles. The summed E-state index contributed by atoms with van der Waals surface area (Å²) in [6.07, 6.45) is 2.96. The molecule has 21 heavy (non-hydrogen) atoms. The van der Waals surface area contributed by atoms with Crippen molar-refractivity contribution in [2.24, 2.45) is 5.41 Å². The molecule has 0 spiro atoms. The molecular weight excluding hydrogens is 266 g/mol. The quantitative estimate of drug-likeness (QED) is 0.860. The molecule has 1 aliphatic rings. The van der Waals surface area contributed by atoms with Crippen LogP contribution in [0.4, 0.5) is 5.69 Å². The number of anilines is 1. The number of hydrogen-bond acceptors (Lipinski definition) is 4. The Balaban J connectivity index is 2.24. The van der Waals surface area contributed by atoms with Crippen molar-refractivity contribution in [3.63, 3.8) is 0 Å². The monoisotopic (exact) mass is 287 g/mol. The number of para-hydroxylation sites is 1. The fourth-order valence-corrected chi connectivity index (χ4v) is 2.58. The lowest BCUT2D eigenvalue weighted by molar-refractivity contribution is -0.117. The van der Waals surface area contributed by atoms with Crippen LogP contribution in [0.3, 0.4) is 0 Å². The van der Waals surface area contributed by atoms with E-state index in [0.717, 1.165) is 12.1 Å². The number of hydrogen-bond donors (Lipinski definition) is 1. The molecule has 0 atom stereocenters. The molecule has 0 radical (unpaired) electrons. The molecule has 1 aliphatic carbocycles. The van der Waals surface area contributed by atoms with Gasteiger partial charge in [0.1, 0.15) is 0 Å². The van der Waals surface area contributed by atoms with Gasteiger partial charge in [-0.15, -0.1) is 0 Å². The third-order valence-corrected chi connectivity index (χ3v) is 3.37. The van der Waals surface area contributed by atoms with E-state index < -0.39 is 0 Å². The van der Waals surface area contributed by atoms with Gasteiger partial charge in [-0.2, -0.15) is 0 Å². The van der Waals surface area contributed by atoms with E-state index in [1.165, 1.54) is 0 Å². The van der Waals surface area contributed by atoms with E-state index in [9.17, 15) is 9.59 Å². The predicted octanol–water partition coefficient (Wildman–Crippen LogP) is 3.55. The Labute approximate surface area is 125 Å². The second kappa shape index (κ2) is 6.12. The van der Waals surface area contributed by atoms with Crippen LogP contribution in [-0.4, -0.2) is 18.4 Å². The van der Waals surface area contributed by atoms with E-state index in [2.05, 4.69) is 19.2 Å². The molecule has 1 aromatic carbocycles. The van der Waals surface area contributed by atoms with Gasteiger partial charge in [0, 0.05) is 18.2 Å². The fourth-order valence-electron chi connectivity index (χ4n) is 2.58. The first-order valence-corrected chi connectivity index (χ1v) is 7.18. The summed E-state index contributed by atoms with van der Waals surface area (Å²) in [5.74, 6) is -0.245. The van der Waals surface area contributed by atoms with Crippen molar-refractivity contribution in [2.75, 3.05) is 11.9 Å². The molecule has 0 aliphatic heterocycles. The van der Waals surface area contributed by atoms with E-state index in [1.54, 1.807) is 25.1 Å². The molecule has 0 bridgehead atoms. The maximum Gasteiger partial charge on any atom is 0.340 e. The molecule has 4 nitrogen and oxygen atoms in total. The smallest absolute Gasteiger partial charge is 0.340 e. The van der Waals surface area contributed by atoms with Crippen LogP contribution in [0.5, 0.6) is 0 Å². The molecular formula is C17H21NO3. The molecule has 0 fully saturated rings. The number of carbonyl (C=O) groups excluding carboxylic acids is 2. The summed E-state index contributed by atoms with van der Waals surface area (Å²) < 4.78 is 5.05. The van der Waals surface area contributed by atoms with Gasteiger partial charge >= 0.3 is 5.97 Å². The summed E-state index contributed by atoms with van der Waals surface area (Å²) in [6.45, 7) is 6.24. The van der Waals surface area contributed by atoms with Crippen molar-refractivity contribution in [1.29, 1.82) is 0 Å². The number of esters is 1. The Morgan fingerprint density at radius 2 is 2.00 bits per heavy atom. The Bertz CT molecular complexity index is 587. The first-order valence-electron chi connectivity index (χ1n) is 7.18. The van der Waals surface area contributed by atoms with Crippen LogP contribution in [-0.2, 0) is 9.53 Å². The predicted molar refractivity (Wildman–Crippen MR) is 82.1 cm³/mol. The summed E-state index contributed by atoms with van der Waals surface area (Å²) >= 11 is 0. The molecule has 0 aromatic heterocycles. The second-order valence-corrected chi connectivity index (χ2v) is 6.04. The minimum absolute atomic E-state index is 0.0625. The number of rotatable bonds is 4. The van der Waals surface area contributed by atoms with E-state index in [-0.39, 0.29) is 17.2 Å². The maximum absolute atomic E-state index is 12.0. The first kappa shape index (κ1) is 15.3. The van der Waals surface area contributed by atoms with Crippen LogP contribution in [0.15, 0.2) is 36.0 Å². The molecule has 2 rings (SSSR count). The van der Waals surface area contributed by atoms with Gasteiger partial charge in [0.15, 0.2) is 5.78 Å². The number of carbonyl (C=O) groups is 2. The van der Waals surface area contributed by atoms with Gasteiger partial charge in [0.25, 0.3) is 0 Å². The molecule has 0 amide bonds. The highest BCUT2D eigenvalue weighted by Crippen LogP contribution is 2.34. The number of ether oxygens (including phenoxy) is 1. The van der Waals surface area contributed by atoms with Crippen LogP contribution >= 0.6 is 0 Å². The van der Waals surface area contributed by atoms with Gasteiger partial charge in [-0.25, -0.2) is 4.79 Å². The molecule has 112 valence electrons. The molecule has 4 heteroatoms. The summed E-state index contributed by atoms with van der Waals surface area (Å²) in [5, 5.41) is 3.21. The first-order chi connectivity index (χ1) is 9.91. The van der Waals surface area contributed by atoms with Gasteiger partial charge in [0.05, 0.1) is 17.9 Å². The summed E-state index contributed by atoms with van der Waals surface area (Å²) in [7, 11) is 0. The van der Waals surface area contributed by atoms with Gasteiger partial charge in [-0.1, -0.05) is 26.0 Å². The van der Waals surface area contributed by atoms with E-state index in [1.807, 2.05) is 12.1 Å². The van der Waals surface area contributed by atoms with Crippen molar-refractivity contribution in [3.05, 3.63) is 41.6 Å². The van der Waals surface area contributed by atoms with Crippen LogP contribution in [0, 0.1) is 5.41 Å². The third kappa shape index (κ3) is 3.94. The zero-order chi connectivity index (χ0) is 15.5. The van der Waals surface area contributed by atoms with Crippen LogP contribution in [0.2, 0.25) is 0 Å². The van der Waals surface area contributed by atoms with Crippen molar-refractivity contribution in [2.45, 2.75) is 33.6 Å². The molecule has 0 unspecified atom stereocenters. The van der Waals surface area contributed by atoms with E-state index in [0.29, 0.717) is 24.3 Å². The average Bonchev–Trinajstić information content (AvgIpc) is 2.37. The summed E-state index contributed by atoms with van der Waals surface area (Å²) in [5.41, 5.74) is 1.93. The molecule has 0 saturated heterocycles. The zero-order valence-corrected chi connectivity index (χ0v) is 12.7. The van der Waals surface area contributed by atoms with Gasteiger partial charge < -0.3 is 10.1 Å². The summed E-state index contributed by atoms with van der Waals surface area (Å²) in [6, 6.07) is 7.18. The van der Waals surface area contributed by atoms with Crippen molar-refractivity contribution < 1.29 is 14.3 Å². The van der Waals surface area contributed by atoms with Crippen LogP contribution in [0.1, 0.15) is 44.0 Å². The van der Waals surface area contributed by atoms with Gasteiger partial charge in [-0.05, 0) is 30.9 Å². The van der Waals surface area contributed by atoms with Crippen LogP contribution < -0.4 is 5.32 Å². The van der Waals surface area contributed by atoms with Crippen molar-refractivity contribution in [3.8, 4) is 0 Å². The van der Waals surface area contributed by atoms with Gasteiger partial charge in [-0.3, -0.25) is 4.79 Å². The second-order valence-electron chi connectivity index (χ2n) is 6.04. The third-order valence-electron chi connectivity index (χ3n) is 3.37. The zero-order valence-electron chi connectivity index (χ0n) is 12.7. The standard InChI is InChI=1S/C17H21NO3/c1-4-21-16(20)14-7-5-6-8-15(14)18-12-9-13(19)11-17(2,3)10-12/h5-9,18H,4,10-11H2,1-3H3. The number of ketones is 1. The summed E-state index contributed by atoms with van der Waals surface area (Å²) in [4.78, 5) is 23.7. The Hall–Kier alpha value is -2.10. The lowest BCUT2D eigenvalue weighted by atomic mass is 9.79. The highest BCUT2D eigenvalue weighted by Gasteiger charge is 2.28. The van der Waals surface area contributed by atoms with E-state index in [4.69, 9.17) is 4.74 Å². The number of benzene rings is 1. The van der Waals surface area contributed by atoms with Crippen molar-refractivity contribution in [1.82, 2.24) is 0 Å². The minimum Gasteiger partial charge on any atom is -0.462 e. The highest BCUT2D eigenvalue weighted by atomic mass is 16.5. The fraction of sp³-hybridized carbons (Fsp3) is 0.412. The molecule has 0 heterocycles. The lowest BCUT2D eigenvalue weighted by Gasteiger charge is -2.29. The highest BCUT2D eigenvalue weighted by molar-refractivity contribution is 5.97. The maximum atomic E-state index is 12.0. The normalized spacial score (nSPS) is 17.1. The SMILES string of the molecule is CCOC(=O)c1ccccc1NC1=CC(=O)CC(C)(C)C1. The molecule has 1 N–H and O–H groups in total. The Morgan fingerprint density at radius 1 is 1.29 bits per heavy atom. The Morgan fingerprint density at radius 3 is 2.67 bits per heavy atom. The minimum atomic E-state index is -0.359. The number of allylic oxidation sites excluding steroid dienone is 2. The van der Waals surface area contributed by atoms with Gasteiger partial charge in [0.2, 0.25) is 0 Å². The largest absolute Gasteiger partial charge is 0.462 e. The van der Waals surface area contributed by atoms with Crippen molar-refractivity contribution >= 4 is 17.4 Å².